The Hall–Kier alpha value is -0.220. The lowest BCUT2D eigenvalue weighted by Gasteiger charge is -2.23. The molecule has 0 amide bonds. The summed E-state index contributed by atoms with van der Waals surface area (Å²) >= 11 is 9.18. The van der Waals surface area contributed by atoms with Crippen molar-refractivity contribution in [2.24, 2.45) is 11.8 Å². The average molecular weight is 353 g/mol. The lowest BCUT2D eigenvalue weighted by molar-refractivity contribution is 0.403. The first-order valence-corrected chi connectivity index (χ1v) is 9.22. The number of hydrogen-bond acceptors (Lipinski definition) is 2. The first-order valence-electron chi connectivity index (χ1n) is 8.02. The van der Waals surface area contributed by atoms with Gasteiger partial charge in [-0.15, -0.1) is 0 Å². The monoisotopic (exact) mass is 352 g/mol. The van der Waals surface area contributed by atoms with Crippen LogP contribution in [0.1, 0.15) is 74.7 Å². The van der Waals surface area contributed by atoms with Gasteiger partial charge in [0, 0.05) is 17.5 Å². The van der Waals surface area contributed by atoms with Crippen LogP contribution in [-0.2, 0) is 0 Å². The summed E-state index contributed by atoms with van der Waals surface area (Å²) in [6, 6.07) is 0. The van der Waals surface area contributed by atoms with Crippen LogP contribution in [0.4, 0.5) is 0 Å². The molecule has 3 unspecified atom stereocenters. The zero-order valence-corrected chi connectivity index (χ0v) is 14.1. The molecule has 1 N–H and O–H groups in total. The van der Waals surface area contributed by atoms with Gasteiger partial charge in [-0.2, -0.15) is 0 Å². The minimum atomic E-state index is 0.642. The van der Waals surface area contributed by atoms with E-state index in [0.29, 0.717) is 11.8 Å². The normalized spacial score (nSPS) is 33.1. The van der Waals surface area contributed by atoms with Crippen LogP contribution in [0.15, 0.2) is 4.47 Å². The van der Waals surface area contributed by atoms with Crippen LogP contribution in [0.5, 0.6) is 0 Å². The van der Waals surface area contributed by atoms with Crippen LogP contribution in [0.3, 0.4) is 0 Å². The van der Waals surface area contributed by atoms with Gasteiger partial charge in [0.25, 0.3) is 0 Å². The molecule has 3 fully saturated rings. The fraction of sp³-hybridized carbons (Fsp3) is 0.750. The molecule has 0 aromatic carbocycles. The van der Waals surface area contributed by atoms with E-state index < -0.39 is 0 Å². The molecule has 1 heterocycles. The van der Waals surface area contributed by atoms with Crippen molar-refractivity contribution in [3.63, 3.8) is 0 Å². The van der Waals surface area contributed by atoms with Gasteiger partial charge in [0.15, 0.2) is 0 Å². The number of rotatable bonds is 2. The van der Waals surface area contributed by atoms with Crippen molar-refractivity contribution in [3.8, 4) is 0 Å². The van der Waals surface area contributed by atoms with Gasteiger partial charge in [-0.05, 0) is 59.9 Å². The highest BCUT2D eigenvalue weighted by Gasteiger charge is 2.41. The molecule has 0 spiro atoms. The summed E-state index contributed by atoms with van der Waals surface area (Å²) < 4.78 is 1.81. The Balaban J connectivity index is 1.71. The van der Waals surface area contributed by atoms with E-state index >= 15 is 0 Å². The maximum absolute atomic E-state index is 5.51. The van der Waals surface area contributed by atoms with Crippen LogP contribution in [-0.4, -0.2) is 9.97 Å². The minimum Gasteiger partial charge on any atom is -0.346 e. The SMILES string of the molecule is S=c1nc(C2CC3CCC2C3)[nH]c(C2CCCC2)c1Br. The van der Waals surface area contributed by atoms with Crippen LogP contribution >= 0.6 is 28.1 Å². The number of nitrogens with zero attached hydrogens (tertiary/aromatic N) is 1. The van der Waals surface area contributed by atoms with Crippen molar-refractivity contribution in [2.75, 3.05) is 0 Å². The average Bonchev–Trinajstić information content (AvgIpc) is 3.18. The lowest BCUT2D eigenvalue weighted by atomic mass is 9.88. The number of fused-ring (bicyclic) bond motifs is 2. The molecule has 1 aromatic rings. The molecular formula is C16H21BrN2S. The van der Waals surface area contributed by atoms with Crippen LogP contribution < -0.4 is 0 Å². The maximum atomic E-state index is 5.51. The van der Waals surface area contributed by atoms with Crippen molar-refractivity contribution in [3.05, 3.63) is 20.6 Å². The Kier molecular flexibility index (Phi) is 3.50. The predicted molar refractivity (Wildman–Crippen MR) is 86.5 cm³/mol. The summed E-state index contributed by atoms with van der Waals surface area (Å²) in [7, 11) is 0. The molecule has 4 rings (SSSR count). The third-order valence-electron chi connectivity index (χ3n) is 5.76. The summed E-state index contributed by atoms with van der Waals surface area (Å²) in [4.78, 5) is 8.42. The van der Waals surface area contributed by atoms with Crippen LogP contribution in [0.2, 0.25) is 0 Å². The Morgan fingerprint density at radius 3 is 2.55 bits per heavy atom. The van der Waals surface area contributed by atoms with Gasteiger partial charge < -0.3 is 4.98 Å². The van der Waals surface area contributed by atoms with Gasteiger partial charge in [0.1, 0.15) is 10.5 Å². The van der Waals surface area contributed by atoms with E-state index in [1.807, 2.05) is 0 Å². The second-order valence-electron chi connectivity index (χ2n) is 6.92. The first kappa shape index (κ1) is 13.4. The standard InChI is InChI=1S/C16H21BrN2S/c17-13-14(10-3-1-2-4-10)18-15(19-16(13)20)12-8-9-5-6-11(12)7-9/h9-12H,1-8H2,(H,18,19,20). The van der Waals surface area contributed by atoms with Crippen molar-refractivity contribution in [1.82, 2.24) is 9.97 Å². The Labute approximate surface area is 133 Å². The van der Waals surface area contributed by atoms with Crippen molar-refractivity contribution in [2.45, 2.75) is 63.2 Å². The number of halogens is 1. The molecule has 20 heavy (non-hydrogen) atoms. The molecule has 2 nitrogen and oxygen atoms in total. The van der Waals surface area contributed by atoms with E-state index in [9.17, 15) is 0 Å². The largest absolute Gasteiger partial charge is 0.346 e. The van der Waals surface area contributed by atoms with Crippen LogP contribution in [0, 0.1) is 16.5 Å². The Morgan fingerprint density at radius 1 is 1.10 bits per heavy atom. The molecule has 108 valence electrons. The topological polar surface area (TPSA) is 28.7 Å². The molecule has 3 atom stereocenters. The zero-order valence-electron chi connectivity index (χ0n) is 11.7. The fourth-order valence-corrected chi connectivity index (χ4v) is 5.47. The number of nitrogens with one attached hydrogen (secondary N) is 1. The molecule has 0 saturated heterocycles. The quantitative estimate of drug-likeness (QED) is 0.715. The van der Waals surface area contributed by atoms with E-state index in [1.54, 1.807) is 0 Å². The summed E-state index contributed by atoms with van der Waals surface area (Å²) in [6.45, 7) is 0. The molecule has 3 saturated carbocycles. The Morgan fingerprint density at radius 2 is 1.90 bits per heavy atom. The second-order valence-corrected chi connectivity index (χ2v) is 8.10. The molecule has 0 radical (unpaired) electrons. The number of H-pyrrole nitrogens is 1. The molecule has 3 aliphatic rings. The highest BCUT2D eigenvalue weighted by Crippen LogP contribution is 2.52. The van der Waals surface area contributed by atoms with Crippen molar-refractivity contribution in [1.29, 1.82) is 0 Å². The first-order chi connectivity index (χ1) is 9.72. The Bertz CT molecular complexity index is 576. The summed E-state index contributed by atoms with van der Waals surface area (Å²) in [5, 5.41) is 0. The lowest BCUT2D eigenvalue weighted by Crippen LogP contribution is -2.14. The summed E-state index contributed by atoms with van der Waals surface area (Å²) in [6.07, 6.45) is 10.9. The van der Waals surface area contributed by atoms with E-state index in [4.69, 9.17) is 17.2 Å². The van der Waals surface area contributed by atoms with Crippen molar-refractivity contribution < 1.29 is 0 Å². The van der Waals surface area contributed by atoms with Crippen molar-refractivity contribution >= 4 is 28.1 Å². The third-order valence-corrected chi connectivity index (χ3v) is 7.12. The van der Waals surface area contributed by atoms with Gasteiger partial charge >= 0.3 is 0 Å². The van der Waals surface area contributed by atoms with E-state index in [2.05, 4.69) is 20.9 Å². The summed E-state index contributed by atoms with van der Waals surface area (Å²) in [5.41, 5.74) is 1.33. The molecule has 4 heteroatoms. The van der Waals surface area contributed by atoms with E-state index in [0.717, 1.165) is 20.9 Å². The highest BCUT2D eigenvalue weighted by atomic mass is 79.9. The second kappa shape index (κ2) is 5.20. The van der Waals surface area contributed by atoms with Gasteiger partial charge in [0.2, 0.25) is 0 Å². The summed E-state index contributed by atoms with van der Waals surface area (Å²) in [5.74, 6) is 4.30. The number of aromatic amines is 1. The fourth-order valence-electron chi connectivity index (χ4n) is 4.75. The van der Waals surface area contributed by atoms with Gasteiger partial charge in [0.05, 0.1) is 4.47 Å². The minimum absolute atomic E-state index is 0.642. The molecule has 1 aromatic heterocycles. The van der Waals surface area contributed by atoms with Crippen LogP contribution in [0.25, 0.3) is 0 Å². The molecular weight excluding hydrogens is 332 g/mol. The van der Waals surface area contributed by atoms with Gasteiger partial charge in [-0.3, -0.25) is 0 Å². The molecule has 0 aliphatic heterocycles. The number of aromatic nitrogens is 2. The maximum Gasteiger partial charge on any atom is 0.144 e. The molecule has 2 bridgehead atoms. The van der Waals surface area contributed by atoms with Gasteiger partial charge in [-0.25, -0.2) is 4.98 Å². The molecule has 3 aliphatic carbocycles. The van der Waals surface area contributed by atoms with Gasteiger partial charge in [-0.1, -0.05) is 31.5 Å². The van der Waals surface area contributed by atoms with E-state index in [-0.39, 0.29) is 0 Å². The third kappa shape index (κ3) is 2.19. The smallest absolute Gasteiger partial charge is 0.144 e. The van der Waals surface area contributed by atoms with E-state index in [1.165, 1.54) is 62.9 Å². The zero-order chi connectivity index (χ0) is 13.7. The number of hydrogen-bond donors (Lipinski definition) is 1. The predicted octanol–water partition coefficient (Wildman–Crippen LogP) is 5.46. The highest BCUT2D eigenvalue weighted by molar-refractivity contribution is 9.10.